The van der Waals surface area contributed by atoms with E-state index >= 15 is 0 Å². The molecule has 0 saturated carbocycles. The molecule has 0 bridgehead atoms. The van der Waals surface area contributed by atoms with E-state index in [0.717, 1.165) is 29.8 Å². The van der Waals surface area contributed by atoms with Gasteiger partial charge < -0.3 is 10.1 Å². The zero-order chi connectivity index (χ0) is 14.2. The Kier molecular flexibility index (Phi) is 3.78. The number of fused-ring (bicyclic) bond motifs is 2. The lowest BCUT2D eigenvalue weighted by atomic mass is 10.0. The standard InChI is InChI=1S/C17H18BrNOS/c18-12-4-5-16-14(9-12)15(6-7-20-16)19-10-13-8-11-2-1-3-17(11)21-13/h4-5,8-9,15,19H,1-3,6-7,10H2. The Morgan fingerprint density at radius 3 is 3.14 bits per heavy atom. The SMILES string of the molecule is Brc1ccc2c(c1)C(NCc1cc3c(s1)CCC3)CCO2. The minimum atomic E-state index is 0.392. The number of rotatable bonds is 3. The van der Waals surface area contributed by atoms with Crippen molar-refractivity contribution in [1.82, 2.24) is 5.32 Å². The molecule has 1 atom stereocenters. The molecule has 1 N–H and O–H groups in total. The fraction of sp³-hybridized carbons (Fsp3) is 0.412. The minimum Gasteiger partial charge on any atom is -0.493 e. The summed E-state index contributed by atoms with van der Waals surface area (Å²) in [4.78, 5) is 3.09. The van der Waals surface area contributed by atoms with E-state index < -0.39 is 0 Å². The van der Waals surface area contributed by atoms with Crippen molar-refractivity contribution in [1.29, 1.82) is 0 Å². The van der Waals surface area contributed by atoms with Crippen LogP contribution in [0.1, 0.15) is 39.8 Å². The first-order valence-corrected chi connectivity index (χ1v) is 9.16. The van der Waals surface area contributed by atoms with Crippen LogP contribution in [0.25, 0.3) is 0 Å². The van der Waals surface area contributed by atoms with Crippen molar-refractivity contribution in [3.05, 3.63) is 49.6 Å². The predicted octanol–water partition coefficient (Wildman–Crippen LogP) is 4.61. The highest BCUT2D eigenvalue weighted by Crippen LogP contribution is 2.35. The van der Waals surface area contributed by atoms with Gasteiger partial charge in [-0.2, -0.15) is 0 Å². The summed E-state index contributed by atoms with van der Waals surface area (Å²) >= 11 is 5.55. The Labute approximate surface area is 137 Å². The minimum absolute atomic E-state index is 0.392. The van der Waals surface area contributed by atoms with E-state index in [0.29, 0.717) is 6.04 Å². The molecule has 4 heteroatoms. The maximum absolute atomic E-state index is 5.75. The number of aryl methyl sites for hydroxylation is 2. The van der Waals surface area contributed by atoms with Crippen LogP contribution < -0.4 is 10.1 Å². The van der Waals surface area contributed by atoms with Gasteiger partial charge in [-0.25, -0.2) is 0 Å². The molecule has 4 rings (SSSR count). The first kappa shape index (κ1) is 13.8. The summed E-state index contributed by atoms with van der Waals surface area (Å²) in [5.41, 5.74) is 2.87. The van der Waals surface area contributed by atoms with Crippen LogP contribution in [-0.2, 0) is 19.4 Å². The van der Waals surface area contributed by atoms with Gasteiger partial charge in [-0.3, -0.25) is 0 Å². The van der Waals surface area contributed by atoms with Gasteiger partial charge in [0.1, 0.15) is 5.75 Å². The van der Waals surface area contributed by atoms with Gasteiger partial charge in [-0.05, 0) is 49.1 Å². The van der Waals surface area contributed by atoms with E-state index in [1.807, 2.05) is 17.4 Å². The molecule has 2 aliphatic rings. The lowest BCUT2D eigenvalue weighted by molar-refractivity contribution is 0.252. The summed E-state index contributed by atoms with van der Waals surface area (Å²) in [6.45, 7) is 1.77. The van der Waals surface area contributed by atoms with Crippen molar-refractivity contribution in [2.24, 2.45) is 0 Å². The number of benzene rings is 1. The van der Waals surface area contributed by atoms with Gasteiger partial charge in [-0.1, -0.05) is 15.9 Å². The second-order valence-electron chi connectivity index (χ2n) is 5.77. The molecule has 1 aliphatic heterocycles. The van der Waals surface area contributed by atoms with Crippen molar-refractivity contribution in [3.8, 4) is 5.75 Å². The van der Waals surface area contributed by atoms with Gasteiger partial charge in [0.05, 0.1) is 6.61 Å². The first-order chi connectivity index (χ1) is 10.3. The number of ether oxygens (including phenoxy) is 1. The summed E-state index contributed by atoms with van der Waals surface area (Å²) in [5, 5.41) is 3.72. The highest BCUT2D eigenvalue weighted by atomic mass is 79.9. The molecule has 0 spiro atoms. The maximum Gasteiger partial charge on any atom is 0.124 e. The molecule has 1 aliphatic carbocycles. The average Bonchev–Trinajstić information content (AvgIpc) is 3.06. The predicted molar refractivity (Wildman–Crippen MR) is 90.2 cm³/mol. The van der Waals surface area contributed by atoms with Gasteiger partial charge in [0.2, 0.25) is 0 Å². The number of hydrogen-bond donors (Lipinski definition) is 1. The van der Waals surface area contributed by atoms with Crippen LogP contribution in [0.2, 0.25) is 0 Å². The van der Waals surface area contributed by atoms with Crippen LogP contribution in [0.15, 0.2) is 28.7 Å². The van der Waals surface area contributed by atoms with Crippen molar-refractivity contribution < 1.29 is 4.74 Å². The van der Waals surface area contributed by atoms with Gasteiger partial charge in [0.25, 0.3) is 0 Å². The molecule has 0 radical (unpaired) electrons. The van der Waals surface area contributed by atoms with Crippen LogP contribution in [0, 0.1) is 0 Å². The quantitative estimate of drug-likeness (QED) is 0.859. The second-order valence-corrected chi connectivity index (χ2v) is 7.90. The Bertz CT molecular complexity index is 645. The Morgan fingerprint density at radius 1 is 1.29 bits per heavy atom. The second kappa shape index (κ2) is 5.75. The first-order valence-electron chi connectivity index (χ1n) is 7.56. The van der Waals surface area contributed by atoms with E-state index in [1.165, 1.54) is 29.7 Å². The van der Waals surface area contributed by atoms with E-state index in [1.54, 1.807) is 10.4 Å². The third-order valence-electron chi connectivity index (χ3n) is 4.33. The largest absolute Gasteiger partial charge is 0.493 e. The van der Waals surface area contributed by atoms with Crippen LogP contribution in [-0.4, -0.2) is 6.61 Å². The zero-order valence-corrected chi connectivity index (χ0v) is 14.2. The molecule has 1 unspecified atom stereocenters. The number of hydrogen-bond acceptors (Lipinski definition) is 3. The van der Waals surface area contributed by atoms with Crippen LogP contribution in [0.5, 0.6) is 5.75 Å². The number of nitrogens with one attached hydrogen (secondary N) is 1. The Balaban J connectivity index is 1.49. The van der Waals surface area contributed by atoms with Crippen molar-refractivity contribution in [2.45, 2.75) is 38.3 Å². The maximum atomic E-state index is 5.75. The molecule has 0 saturated heterocycles. The monoisotopic (exact) mass is 363 g/mol. The summed E-state index contributed by atoms with van der Waals surface area (Å²) in [5.74, 6) is 1.02. The average molecular weight is 364 g/mol. The topological polar surface area (TPSA) is 21.3 Å². The highest BCUT2D eigenvalue weighted by Gasteiger charge is 2.22. The van der Waals surface area contributed by atoms with Crippen LogP contribution in [0.3, 0.4) is 0 Å². The third-order valence-corrected chi connectivity index (χ3v) is 6.06. The van der Waals surface area contributed by atoms with Crippen molar-refractivity contribution >= 4 is 27.3 Å². The van der Waals surface area contributed by atoms with Crippen LogP contribution >= 0.6 is 27.3 Å². The normalized spacial score (nSPS) is 20.0. The molecule has 0 amide bonds. The number of halogens is 1. The summed E-state index contributed by atoms with van der Waals surface area (Å²) in [6, 6.07) is 9.09. The van der Waals surface area contributed by atoms with Gasteiger partial charge in [0.15, 0.2) is 0 Å². The fourth-order valence-corrected chi connectivity index (χ4v) is 4.87. The molecule has 110 valence electrons. The van der Waals surface area contributed by atoms with Crippen LogP contribution in [0.4, 0.5) is 0 Å². The van der Waals surface area contributed by atoms with Crippen molar-refractivity contribution in [3.63, 3.8) is 0 Å². The Hall–Kier alpha value is -0.840. The van der Waals surface area contributed by atoms with E-state index in [2.05, 4.69) is 39.4 Å². The zero-order valence-electron chi connectivity index (χ0n) is 11.8. The van der Waals surface area contributed by atoms with E-state index in [4.69, 9.17) is 4.74 Å². The Morgan fingerprint density at radius 2 is 2.24 bits per heavy atom. The number of thiophene rings is 1. The van der Waals surface area contributed by atoms with Gasteiger partial charge in [-0.15, -0.1) is 11.3 Å². The molecule has 2 heterocycles. The van der Waals surface area contributed by atoms with Crippen molar-refractivity contribution in [2.75, 3.05) is 6.61 Å². The molecule has 2 aromatic rings. The van der Waals surface area contributed by atoms with Gasteiger partial charge >= 0.3 is 0 Å². The lowest BCUT2D eigenvalue weighted by Gasteiger charge is -2.27. The lowest BCUT2D eigenvalue weighted by Crippen LogP contribution is -2.26. The fourth-order valence-electron chi connectivity index (χ4n) is 3.28. The molecule has 1 aromatic carbocycles. The molecule has 0 fully saturated rings. The molecular weight excluding hydrogens is 346 g/mol. The van der Waals surface area contributed by atoms with E-state index in [9.17, 15) is 0 Å². The smallest absolute Gasteiger partial charge is 0.124 e. The highest BCUT2D eigenvalue weighted by molar-refractivity contribution is 9.10. The molecule has 2 nitrogen and oxygen atoms in total. The summed E-state index contributed by atoms with van der Waals surface area (Å²) < 4.78 is 6.87. The van der Waals surface area contributed by atoms with E-state index in [-0.39, 0.29) is 0 Å². The summed E-state index contributed by atoms with van der Waals surface area (Å²) in [6.07, 6.45) is 4.94. The van der Waals surface area contributed by atoms with Gasteiger partial charge in [0, 0.05) is 38.8 Å². The molecule has 1 aromatic heterocycles. The summed E-state index contributed by atoms with van der Waals surface area (Å²) in [7, 11) is 0. The molecule has 21 heavy (non-hydrogen) atoms. The molecular formula is C17H18BrNOS. The third kappa shape index (κ3) is 2.77.